The normalized spacial score (nSPS) is 12.7. The first-order chi connectivity index (χ1) is 20.7. The Kier molecular flexibility index (Phi) is 11.8. The molecule has 43 heavy (non-hydrogen) atoms. The van der Waals surface area contributed by atoms with Crippen LogP contribution in [0.4, 0.5) is 4.39 Å². The Morgan fingerprint density at radius 1 is 1.23 bits per heavy atom. The number of H-pyrrole nitrogens is 1. The molecule has 2 aromatic carbocycles. The maximum absolute atomic E-state index is 15.1. The Labute approximate surface area is 261 Å². The third-order valence-corrected chi connectivity index (χ3v) is 8.41. The average molecular weight is 626 g/mol. The van der Waals surface area contributed by atoms with Gasteiger partial charge in [-0.05, 0) is 99.8 Å². The Bertz CT molecular complexity index is 1630. The minimum atomic E-state index is -0.510. The van der Waals surface area contributed by atoms with Gasteiger partial charge in [0, 0.05) is 34.6 Å². The highest BCUT2D eigenvalue weighted by atomic mass is 35.5. The topological polar surface area (TPSA) is 127 Å². The zero-order valence-electron chi connectivity index (χ0n) is 25.1. The second-order valence-corrected chi connectivity index (χ2v) is 11.9. The van der Waals surface area contributed by atoms with Crippen molar-refractivity contribution in [1.29, 1.82) is 0 Å². The number of halogens is 2. The summed E-state index contributed by atoms with van der Waals surface area (Å²) in [7, 11) is 0. The molecule has 0 amide bonds. The van der Waals surface area contributed by atoms with E-state index < -0.39 is 11.5 Å². The molecule has 8 nitrogen and oxygen atoms in total. The molecule has 4 rings (SSSR count). The van der Waals surface area contributed by atoms with E-state index >= 15 is 4.39 Å². The molecule has 0 spiro atoms. The van der Waals surface area contributed by atoms with Gasteiger partial charge in [-0.2, -0.15) is 4.98 Å². The molecule has 1 unspecified atom stereocenters. The number of aromatic nitrogens is 3. The van der Waals surface area contributed by atoms with Crippen LogP contribution in [0, 0.1) is 5.82 Å². The number of aliphatic imine (C=N–C) groups is 1. The summed E-state index contributed by atoms with van der Waals surface area (Å²) in [6.07, 6.45) is 9.22. The number of thioether (sulfide) groups is 1. The van der Waals surface area contributed by atoms with Crippen LogP contribution in [0.2, 0.25) is 5.02 Å². The largest absolute Gasteiger partial charge is 0.388 e. The summed E-state index contributed by atoms with van der Waals surface area (Å²) in [6.45, 7) is 6.11. The van der Waals surface area contributed by atoms with E-state index in [4.69, 9.17) is 23.1 Å². The molecule has 4 aromatic rings. The van der Waals surface area contributed by atoms with E-state index in [1.807, 2.05) is 18.4 Å². The smallest absolute Gasteiger partial charge is 0.354 e. The molecule has 0 aliphatic carbocycles. The van der Waals surface area contributed by atoms with Gasteiger partial charge in [0.15, 0.2) is 5.82 Å². The molecule has 0 radical (unpaired) electrons. The second kappa shape index (κ2) is 15.5. The monoisotopic (exact) mass is 625 g/mol. The molecule has 2 heterocycles. The molecular formula is C32H41ClFN7OS. The van der Waals surface area contributed by atoms with Crippen molar-refractivity contribution in [2.75, 3.05) is 25.9 Å². The summed E-state index contributed by atoms with van der Waals surface area (Å²) >= 11 is 7.89. The van der Waals surface area contributed by atoms with Crippen LogP contribution < -0.4 is 22.5 Å². The lowest BCUT2D eigenvalue weighted by Crippen LogP contribution is -2.24. The lowest BCUT2D eigenvalue weighted by molar-refractivity contribution is 0.484. The van der Waals surface area contributed by atoms with Crippen LogP contribution >= 0.6 is 23.4 Å². The number of rotatable bonds is 15. The van der Waals surface area contributed by atoms with Crippen molar-refractivity contribution in [3.8, 4) is 16.9 Å². The van der Waals surface area contributed by atoms with Crippen LogP contribution in [0.25, 0.3) is 28.0 Å². The number of unbranched alkanes of at least 4 members (excludes halogenated alkanes) is 1. The molecule has 0 aliphatic heterocycles. The van der Waals surface area contributed by atoms with Crippen molar-refractivity contribution in [1.82, 2.24) is 19.9 Å². The minimum absolute atomic E-state index is 0.0613. The van der Waals surface area contributed by atoms with Crippen molar-refractivity contribution < 1.29 is 4.39 Å². The number of amidine groups is 1. The van der Waals surface area contributed by atoms with Crippen LogP contribution in [-0.2, 0) is 6.42 Å². The fraction of sp³-hybridized carbons (Fsp3) is 0.406. The van der Waals surface area contributed by atoms with E-state index in [9.17, 15) is 4.79 Å². The first kappa shape index (κ1) is 32.7. The Balaban J connectivity index is 1.63. The molecule has 0 saturated carbocycles. The number of aromatic amines is 1. The van der Waals surface area contributed by atoms with Gasteiger partial charge < -0.3 is 21.8 Å². The highest BCUT2D eigenvalue weighted by Crippen LogP contribution is 2.33. The molecule has 2 aromatic heterocycles. The van der Waals surface area contributed by atoms with E-state index in [0.717, 1.165) is 61.2 Å². The predicted octanol–water partition coefficient (Wildman–Crippen LogP) is 6.37. The summed E-state index contributed by atoms with van der Waals surface area (Å²) < 4.78 is 16.7. The predicted molar refractivity (Wildman–Crippen MR) is 178 cm³/mol. The quantitative estimate of drug-likeness (QED) is 0.0526. The minimum Gasteiger partial charge on any atom is -0.388 e. The molecule has 0 aliphatic rings. The van der Waals surface area contributed by atoms with Gasteiger partial charge >= 0.3 is 5.69 Å². The van der Waals surface area contributed by atoms with E-state index in [0.29, 0.717) is 41.2 Å². The number of nitrogens with zero attached hydrogens (tertiary/aromatic N) is 3. The fourth-order valence-corrected chi connectivity index (χ4v) is 6.11. The van der Waals surface area contributed by atoms with E-state index in [1.165, 1.54) is 10.1 Å². The number of benzene rings is 2. The highest BCUT2D eigenvalue weighted by Gasteiger charge is 2.18. The first-order valence-electron chi connectivity index (χ1n) is 14.7. The van der Waals surface area contributed by atoms with Crippen molar-refractivity contribution in [3.63, 3.8) is 0 Å². The van der Waals surface area contributed by atoms with Crippen LogP contribution in [0.1, 0.15) is 63.1 Å². The third-order valence-electron chi connectivity index (χ3n) is 7.34. The SMILES string of the molecule is CCCC(NCCCN=C(C)N)c1ccc(-n2cc3cc(-c4cc(CCCCN)cc(Cl)c4F)[nH]c3nc2=O)cc1SC. The van der Waals surface area contributed by atoms with E-state index in [2.05, 4.69) is 33.3 Å². The van der Waals surface area contributed by atoms with Crippen LogP contribution in [-0.4, -0.2) is 46.3 Å². The van der Waals surface area contributed by atoms with Gasteiger partial charge in [0.25, 0.3) is 0 Å². The first-order valence-corrected chi connectivity index (χ1v) is 16.3. The summed E-state index contributed by atoms with van der Waals surface area (Å²) in [5.41, 5.74) is 15.0. The standard InChI is InChI=1S/C32H41ClFN7OS/c1-4-8-27(38-14-7-13-37-20(2)36)24-11-10-23(18-29(24)43-3)41-19-22-17-28(39-31(22)40-32(41)42)25-15-21(9-5-6-12-35)16-26(33)30(25)34/h10-11,15-19,27,38H,4-9,12-14,35H2,1-3H3,(H2,36,37)(H,39,40,42). The number of aryl methyl sites for hydroxylation is 1. The molecule has 1 atom stereocenters. The van der Waals surface area contributed by atoms with Crippen molar-refractivity contribution in [2.24, 2.45) is 16.5 Å². The number of nitrogens with two attached hydrogens (primary N) is 2. The average Bonchev–Trinajstić information content (AvgIpc) is 3.40. The van der Waals surface area contributed by atoms with Crippen molar-refractivity contribution >= 4 is 40.2 Å². The number of hydrogen-bond donors (Lipinski definition) is 4. The summed E-state index contributed by atoms with van der Waals surface area (Å²) in [6, 6.07) is 11.5. The van der Waals surface area contributed by atoms with E-state index in [-0.39, 0.29) is 11.1 Å². The van der Waals surface area contributed by atoms with Gasteiger partial charge in [-0.15, -0.1) is 11.8 Å². The maximum Gasteiger partial charge on any atom is 0.354 e. The molecule has 0 bridgehead atoms. The zero-order chi connectivity index (χ0) is 30.9. The molecule has 6 N–H and O–H groups in total. The summed E-state index contributed by atoms with van der Waals surface area (Å²) in [4.78, 5) is 25.9. The van der Waals surface area contributed by atoms with Gasteiger partial charge in [0.1, 0.15) is 5.65 Å². The van der Waals surface area contributed by atoms with Crippen LogP contribution in [0.3, 0.4) is 0 Å². The maximum atomic E-state index is 15.1. The summed E-state index contributed by atoms with van der Waals surface area (Å²) in [5.74, 6) is 0.0904. The number of fused-ring (bicyclic) bond motifs is 1. The van der Waals surface area contributed by atoms with Crippen molar-refractivity contribution in [2.45, 2.75) is 63.3 Å². The molecule has 0 fully saturated rings. The second-order valence-electron chi connectivity index (χ2n) is 10.7. The third kappa shape index (κ3) is 8.26. The van der Waals surface area contributed by atoms with Gasteiger partial charge in [-0.1, -0.05) is 31.0 Å². The molecule has 11 heteroatoms. The van der Waals surface area contributed by atoms with Gasteiger partial charge in [0.2, 0.25) is 0 Å². The van der Waals surface area contributed by atoms with Crippen LogP contribution in [0.15, 0.2) is 57.3 Å². The highest BCUT2D eigenvalue weighted by molar-refractivity contribution is 7.98. The Morgan fingerprint density at radius 2 is 2.05 bits per heavy atom. The van der Waals surface area contributed by atoms with Crippen LogP contribution in [0.5, 0.6) is 0 Å². The van der Waals surface area contributed by atoms with Crippen molar-refractivity contribution in [3.05, 3.63) is 75.0 Å². The molecular weight excluding hydrogens is 585 g/mol. The molecule has 0 saturated heterocycles. The fourth-order valence-electron chi connectivity index (χ4n) is 5.19. The number of nitrogens with one attached hydrogen (secondary N) is 2. The lowest BCUT2D eigenvalue weighted by atomic mass is 10.0. The summed E-state index contributed by atoms with van der Waals surface area (Å²) in [5, 5.41) is 4.42. The number of hydrogen-bond acceptors (Lipinski definition) is 6. The Hall–Kier alpha value is -3.18. The van der Waals surface area contributed by atoms with Gasteiger partial charge in [0.05, 0.1) is 22.2 Å². The van der Waals surface area contributed by atoms with E-state index in [1.54, 1.807) is 43.1 Å². The lowest BCUT2D eigenvalue weighted by Gasteiger charge is -2.22. The zero-order valence-corrected chi connectivity index (χ0v) is 26.6. The van der Waals surface area contributed by atoms with Gasteiger partial charge in [-0.25, -0.2) is 9.18 Å². The van der Waals surface area contributed by atoms with Gasteiger partial charge in [-0.3, -0.25) is 9.56 Å². The molecule has 230 valence electrons. The Morgan fingerprint density at radius 3 is 2.77 bits per heavy atom.